The van der Waals surface area contributed by atoms with E-state index in [9.17, 15) is 9.59 Å². The molecule has 128 valence electrons. The maximum absolute atomic E-state index is 12.5. The van der Waals surface area contributed by atoms with Crippen LogP contribution < -0.4 is 10.2 Å². The number of aromatic carboxylic acids is 1. The molecule has 3 aromatic rings. The molecule has 0 unspecified atom stereocenters. The average Bonchev–Trinajstić information content (AvgIpc) is 3.23. The minimum absolute atomic E-state index is 0.164. The number of fused-ring (bicyclic) bond motifs is 1. The lowest BCUT2D eigenvalue weighted by Crippen LogP contribution is -2.20. The Balaban J connectivity index is 1.56. The van der Waals surface area contributed by atoms with Crippen LogP contribution in [0, 0.1) is 0 Å². The number of carbonyl (C=O) groups excluding carboxylic acids is 1. The molecule has 2 heterocycles. The Morgan fingerprint density at radius 2 is 2.04 bits per heavy atom. The number of carboxylic acid groups (broad SMARTS) is 1. The van der Waals surface area contributed by atoms with Gasteiger partial charge in [-0.2, -0.15) is 4.52 Å². The molecule has 1 aromatic carbocycles. The van der Waals surface area contributed by atoms with E-state index in [2.05, 4.69) is 20.3 Å². The quantitative estimate of drug-likeness (QED) is 0.727. The van der Waals surface area contributed by atoms with E-state index >= 15 is 0 Å². The van der Waals surface area contributed by atoms with Crippen molar-refractivity contribution in [3.05, 3.63) is 41.7 Å². The van der Waals surface area contributed by atoms with Crippen molar-refractivity contribution in [1.82, 2.24) is 14.6 Å². The van der Waals surface area contributed by atoms with Gasteiger partial charge in [0, 0.05) is 18.8 Å². The Hall–Kier alpha value is -2.94. The molecule has 0 saturated heterocycles. The zero-order valence-corrected chi connectivity index (χ0v) is 14.2. The maximum atomic E-state index is 12.5. The molecule has 1 saturated carbocycles. The van der Waals surface area contributed by atoms with Gasteiger partial charge < -0.3 is 15.3 Å². The molecular weight excluding hydrogens is 342 g/mol. The van der Waals surface area contributed by atoms with Crippen LogP contribution >= 0.6 is 11.3 Å². The molecule has 8 nitrogen and oxygen atoms in total. The highest BCUT2D eigenvalue weighted by molar-refractivity contribution is 7.20. The van der Waals surface area contributed by atoms with E-state index in [1.54, 1.807) is 16.6 Å². The summed E-state index contributed by atoms with van der Waals surface area (Å²) in [4.78, 5) is 30.4. The minimum Gasteiger partial charge on any atom is -0.478 e. The predicted octanol–water partition coefficient (Wildman–Crippen LogP) is 2.34. The largest absolute Gasteiger partial charge is 0.478 e. The molecule has 2 N–H and O–H groups in total. The summed E-state index contributed by atoms with van der Waals surface area (Å²) in [5, 5.41) is 17.0. The average molecular weight is 357 g/mol. The Morgan fingerprint density at radius 3 is 2.68 bits per heavy atom. The highest BCUT2D eigenvalue weighted by Crippen LogP contribution is 2.32. The highest BCUT2D eigenvalue weighted by Gasteiger charge is 2.29. The van der Waals surface area contributed by atoms with Crippen LogP contribution in [0.15, 0.2) is 30.5 Å². The first-order valence-corrected chi connectivity index (χ1v) is 8.56. The van der Waals surface area contributed by atoms with Crippen LogP contribution in [0.25, 0.3) is 4.96 Å². The van der Waals surface area contributed by atoms with Crippen LogP contribution in [0.2, 0.25) is 0 Å². The lowest BCUT2D eigenvalue weighted by atomic mass is 10.2. The van der Waals surface area contributed by atoms with Crippen molar-refractivity contribution in [2.75, 3.05) is 17.3 Å². The van der Waals surface area contributed by atoms with E-state index in [1.165, 1.54) is 29.7 Å². The number of carbonyl (C=O) groups is 2. The van der Waals surface area contributed by atoms with E-state index in [4.69, 9.17) is 5.11 Å². The van der Waals surface area contributed by atoms with Crippen LogP contribution in [-0.2, 0) is 0 Å². The van der Waals surface area contributed by atoms with Crippen LogP contribution in [0.1, 0.15) is 33.7 Å². The van der Waals surface area contributed by atoms with Gasteiger partial charge in [0.2, 0.25) is 10.1 Å². The Bertz CT molecular complexity index is 958. The SMILES string of the molecule is CN(c1nn2c(C(=O)Nc3ccc(C(=O)O)cc3)cnc2s1)C1CC1. The molecule has 1 aliphatic carbocycles. The number of rotatable bonds is 5. The topological polar surface area (TPSA) is 99.8 Å². The summed E-state index contributed by atoms with van der Waals surface area (Å²) in [5.74, 6) is -1.35. The summed E-state index contributed by atoms with van der Waals surface area (Å²) in [6, 6.07) is 6.51. The molecule has 0 aliphatic heterocycles. The molecule has 1 aliphatic rings. The smallest absolute Gasteiger partial charge is 0.335 e. The van der Waals surface area contributed by atoms with Gasteiger partial charge in [-0.3, -0.25) is 4.79 Å². The highest BCUT2D eigenvalue weighted by atomic mass is 32.1. The van der Waals surface area contributed by atoms with Gasteiger partial charge in [-0.25, -0.2) is 9.78 Å². The van der Waals surface area contributed by atoms with Crippen molar-refractivity contribution in [1.29, 1.82) is 0 Å². The second-order valence-electron chi connectivity index (χ2n) is 5.90. The predicted molar refractivity (Wildman–Crippen MR) is 93.6 cm³/mol. The van der Waals surface area contributed by atoms with Gasteiger partial charge in [0.05, 0.1) is 11.8 Å². The van der Waals surface area contributed by atoms with Crippen molar-refractivity contribution in [2.45, 2.75) is 18.9 Å². The van der Waals surface area contributed by atoms with Crippen molar-refractivity contribution in [3.63, 3.8) is 0 Å². The van der Waals surface area contributed by atoms with Crippen LogP contribution in [-0.4, -0.2) is 44.7 Å². The Labute approximate surface area is 146 Å². The zero-order valence-electron chi connectivity index (χ0n) is 13.3. The lowest BCUT2D eigenvalue weighted by Gasteiger charge is -2.12. The number of nitrogens with one attached hydrogen (secondary N) is 1. The minimum atomic E-state index is -1.01. The molecule has 1 fully saturated rings. The third kappa shape index (κ3) is 2.93. The number of hydrogen-bond acceptors (Lipinski definition) is 6. The van der Waals surface area contributed by atoms with Crippen LogP contribution in [0.4, 0.5) is 10.8 Å². The van der Waals surface area contributed by atoms with Gasteiger partial charge in [-0.15, -0.1) is 5.10 Å². The number of hydrogen-bond donors (Lipinski definition) is 2. The fraction of sp³-hybridized carbons (Fsp3) is 0.250. The fourth-order valence-corrected chi connectivity index (χ4v) is 3.40. The zero-order chi connectivity index (χ0) is 17.6. The number of anilines is 2. The number of benzene rings is 1. The van der Waals surface area contributed by atoms with Crippen LogP contribution in [0.5, 0.6) is 0 Å². The number of nitrogens with zero attached hydrogens (tertiary/aromatic N) is 4. The maximum Gasteiger partial charge on any atom is 0.335 e. The monoisotopic (exact) mass is 357 g/mol. The second-order valence-corrected chi connectivity index (χ2v) is 6.84. The van der Waals surface area contributed by atoms with Gasteiger partial charge in [-0.05, 0) is 37.1 Å². The Morgan fingerprint density at radius 1 is 1.32 bits per heavy atom. The summed E-state index contributed by atoms with van der Waals surface area (Å²) in [6.07, 6.45) is 3.82. The molecule has 0 atom stereocenters. The molecule has 0 radical (unpaired) electrons. The van der Waals surface area contributed by atoms with E-state index in [0.717, 1.165) is 18.0 Å². The molecule has 2 aromatic heterocycles. The van der Waals surface area contributed by atoms with Gasteiger partial charge >= 0.3 is 5.97 Å². The molecule has 4 rings (SSSR count). The summed E-state index contributed by atoms with van der Waals surface area (Å²) < 4.78 is 1.54. The van der Waals surface area contributed by atoms with E-state index in [0.29, 0.717) is 22.4 Å². The standard InChI is InChI=1S/C16H15N5O3S/c1-20(11-6-7-11)16-19-21-12(8-17-15(21)25-16)13(22)18-10-4-2-9(3-5-10)14(23)24/h2-5,8,11H,6-7H2,1H3,(H,18,22)(H,23,24). The fourth-order valence-electron chi connectivity index (χ4n) is 2.49. The first-order valence-electron chi connectivity index (χ1n) is 7.75. The van der Waals surface area contributed by atoms with Crippen molar-refractivity contribution < 1.29 is 14.7 Å². The lowest BCUT2D eigenvalue weighted by molar-refractivity contribution is 0.0696. The molecular formula is C16H15N5O3S. The first-order chi connectivity index (χ1) is 12.0. The number of amides is 1. The van der Waals surface area contributed by atoms with Crippen molar-refractivity contribution in [3.8, 4) is 0 Å². The third-order valence-corrected chi connectivity index (χ3v) is 5.11. The third-order valence-electron chi connectivity index (χ3n) is 4.09. The molecule has 25 heavy (non-hydrogen) atoms. The Kier molecular flexibility index (Phi) is 3.65. The van der Waals surface area contributed by atoms with Gasteiger partial charge in [-0.1, -0.05) is 11.3 Å². The second kappa shape index (κ2) is 5.85. The normalized spacial score (nSPS) is 13.8. The molecule has 9 heteroatoms. The summed E-state index contributed by atoms with van der Waals surface area (Å²) in [6.45, 7) is 0. The van der Waals surface area contributed by atoms with Gasteiger partial charge in [0.25, 0.3) is 5.91 Å². The van der Waals surface area contributed by atoms with E-state index in [1.807, 2.05) is 7.05 Å². The van der Waals surface area contributed by atoms with Gasteiger partial charge in [0.15, 0.2) is 5.69 Å². The summed E-state index contributed by atoms with van der Waals surface area (Å²) in [5.41, 5.74) is 1.01. The molecule has 0 bridgehead atoms. The van der Waals surface area contributed by atoms with Crippen molar-refractivity contribution in [2.24, 2.45) is 0 Å². The molecule has 1 amide bonds. The van der Waals surface area contributed by atoms with Crippen LogP contribution in [0.3, 0.4) is 0 Å². The van der Waals surface area contributed by atoms with Gasteiger partial charge in [0.1, 0.15) is 0 Å². The van der Waals surface area contributed by atoms with E-state index in [-0.39, 0.29) is 11.5 Å². The number of imidazole rings is 1. The molecule has 0 spiro atoms. The van der Waals surface area contributed by atoms with Crippen molar-refractivity contribution >= 4 is 39.0 Å². The summed E-state index contributed by atoms with van der Waals surface area (Å²) in [7, 11) is 2.00. The number of carboxylic acids is 1. The summed E-state index contributed by atoms with van der Waals surface area (Å²) >= 11 is 1.44. The van der Waals surface area contributed by atoms with E-state index < -0.39 is 5.97 Å². The first kappa shape index (κ1) is 15.6. The number of aromatic nitrogens is 3.